The number of non-ortho nitro benzene ring substituents is 2. The molecule has 1 N–H and O–H groups in total. The Morgan fingerprint density at radius 3 is 1.47 bits per heavy atom. The molecule has 2 aromatic rings. The average Bonchev–Trinajstić information content (AvgIpc) is 3.06. The van der Waals surface area contributed by atoms with Crippen molar-refractivity contribution in [3.8, 4) is 23.3 Å². The van der Waals surface area contributed by atoms with Gasteiger partial charge in [0.2, 0.25) is 0 Å². The molecular formula is C17H6N6O9. The quantitative estimate of drug-likeness (QED) is 0.262. The molecule has 158 valence electrons. The lowest BCUT2D eigenvalue weighted by atomic mass is 9.95. The van der Waals surface area contributed by atoms with Gasteiger partial charge in [-0.15, -0.1) is 0 Å². The summed E-state index contributed by atoms with van der Waals surface area (Å²) in [4.78, 5) is 41.9. The highest BCUT2D eigenvalue weighted by molar-refractivity contribution is 6.09. The minimum atomic E-state index is -2.13. The van der Waals surface area contributed by atoms with Crippen LogP contribution in [0.3, 0.4) is 0 Å². The Labute approximate surface area is 175 Å². The SMILES string of the molecule is N#CC(=C1c2cc([N+](=O)[O-])cc([N+](=O)[O-])c2-c2c1cc([N+](=O)[O-])cc2[N+](=O)[O-])C(O)C#N. The molecule has 1 aliphatic rings. The Bertz CT molecular complexity index is 1300. The predicted molar refractivity (Wildman–Crippen MR) is 102 cm³/mol. The molecule has 0 radical (unpaired) electrons. The zero-order chi connectivity index (χ0) is 23.9. The van der Waals surface area contributed by atoms with Crippen LogP contribution in [-0.4, -0.2) is 30.9 Å². The van der Waals surface area contributed by atoms with Gasteiger partial charge in [0.05, 0.1) is 60.7 Å². The number of benzene rings is 2. The smallest absolute Gasteiger partial charge is 0.284 e. The highest BCUT2D eigenvalue weighted by atomic mass is 16.6. The summed E-state index contributed by atoms with van der Waals surface area (Å²) in [6.45, 7) is 0. The van der Waals surface area contributed by atoms with Crippen LogP contribution in [0.4, 0.5) is 22.7 Å². The summed E-state index contributed by atoms with van der Waals surface area (Å²) >= 11 is 0. The van der Waals surface area contributed by atoms with E-state index in [9.17, 15) is 50.8 Å². The summed E-state index contributed by atoms with van der Waals surface area (Å²) in [5, 5.41) is 74.4. The summed E-state index contributed by atoms with van der Waals surface area (Å²) in [7, 11) is 0. The van der Waals surface area contributed by atoms with E-state index in [0.717, 1.165) is 12.1 Å². The first-order valence-corrected chi connectivity index (χ1v) is 8.20. The van der Waals surface area contributed by atoms with Crippen molar-refractivity contribution in [3.05, 3.63) is 81.4 Å². The molecule has 0 bridgehead atoms. The van der Waals surface area contributed by atoms with Gasteiger partial charge in [0.15, 0.2) is 6.10 Å². The van der Waals surface area contributed by atoms with Gasteiger partial charge in [-0.3, -0.25) is 40.5 Å². The fraction of sp³-hybridized carbons (Fsp3) is 0.0588. The maximum absolute atomic E-state index is 11.7. The highest BCUT2D eigenvalue weighted by Gasteiger charge is 2.42. The molecule has 0 saturated heterocycles. The summed E-state index contributed by atoms with van der Waals surface area (Å²) in [6.07, 6.45) is -2.13. The van der Waals surface area contributed by atoms with Crippen LogP contribution in [0.1, 0.15) is 11.1 Å². The van der Waals surface area contributed by atoms with Crippen molar-refractivity contribution in [2.24, 2.45) is 0 Å². The summed E-state index contributed by atoms with van der Waals surface area (Å²) < 4.78 is 0. The fourth-order valence-electron chi connectivity index (χ4n) is 3.40. The second kappa shape index (κ2) is 7.52. The van der Waals surface area contributed by atoms with E-state index >= 15 is 0 Å². The number of aliphatic hydroxyl groups excluding tert-OH is 1. The third-order valence-corrected chi connectivity index (χ3v) is 4.59. The number of rotatable bonds is 5. The number of hydrogen-bond acceptors (Lipinski definition) is 11. The maximum Gasteiger partial charge on any atom is 0.284 e. The number of nitro groups is 4. The van der Waals surface area contributed by atoms with Gasteiger partial charge >= 0.3 is 0 Å². The summed E-state index contributed by atoms with van der Waals surface area (Å²) in [5.41, 5.74) is -6.65. The molecule has 0 saturated carbocycles. The van der Waals surface area contributed by atoms with Gasteiger partial charge < -0.3 is 5.11 Å². The van der Waals surface area contributed by atoms with Gasteiger partial charge in [0.1, 0.15) is 0 Å². The number of nitro benzene ring substituents is 4. The van der Waals surface area contributed by atoms with Crippen LogP contribution in [0.15, 0.2) is 29.8 Å². The van der Waals surface area contributed by atoms with Crippen molar-refractivity contribution in [1.82, 2.24) is 0 Å². The van der Waals surface area contributed by atoms with Gasteiger partial charge in [-0.1, -0.05) is 0 Å². The number of hydrogen-bond donors (Lipinski definition) is 1. The van der Waals surface area contributed by atoms with Crippen molar-refractivity contribution in [2.45, 2.75) is 6.10 Å². The van der Waals surface area contributed by atoms with E-state index in [-0.39, 0.29) is 0 Å². The van der Waals surface area contributed by atoms with Crippen LogP contribution in [0, 0.1) is 63.1 Å². The van der Waals surface area contributed by atoms with Crippen molar-refractivity contribution >= 4 is 28.3 Å². The van der Waals surface area contributed by atoms with Crippen molar-refractivity contribution in [3.63, 3.8) is 0 Å². The minimum Gasteiger partial charge on any atom is -0.373 e. The Hall–Kier alpha value is -5.28. The Kier molecular flexibility index (Phi) is 5.04. The normalized spacial score (nSPS) is 12.0. The first kappa shape index (κ1) is 21.4. The average molecular weight is 438 g/mol. The molecule has 0 amide bonds. The van der Waals surface area contributed by atoms with E-state index in [4.69, 9.17) is 5.26 Å². The second-order valence-corrected chi connectivity index (χ2v) is 6.24. The third-order valence-electron chi connectivity index (χ3n) is 4.59. The molecule has 3 rings (SSSR count). The Morgan fingerprint density at radius 2 is 1.19 bits per heavy atom. The topological polar surface area (TPSA) is 240 Å². The third kappa shape index (κ3) is 3.12. The number of nitrogens with zero attached hydrogens (tertiary/aromatic N) is 6. The second-order valence-electron chi connectivity index (χ2n) is 6.24. The molecule has 1 aliphatic carbocycles. The van der Waals surface area contributed by atoms with Crippen LogP contribution >= 0.6 is 0 Å². The van der Waals surface area contributed by atoms with Crippen LogP contribution in [0.25, 0.3) is 16.7 Å². The van der Waals surface area contributed by atoms with Gasteiger partial charge in [-0.25, -0.2) is 0 Å². The molecule has 0 aliphatic heterocycles. The van der Waals surface area contributed by atoms with Crippen LogP contribution in [-0.2, 0) is 0 Å². The first-order chi connectivity index (χ1) is 15.0. The molecule has 15 heteroatoms. The summed E-state index contributed by atoms with van der Waals surface area (Å²) in [6, 6.07) is 5.48. The van der Waals surface area contributed by atoms with Gasteiger partial charge in [0.25, 0.3) is 22.7 Å². The van der Waals surface area contributed by atoms with Crippen molar-refractivity contribution < 1.29 is 24.8 Å². The van der Waals surface area contributed by atoms with E-state index in [1.807, 2.05) is 0 Å². The van der Waals surface area contributed by atoms with Gasteiger partial charge in [-0.05, 0) is 0 Å². The van der Waals surface area contributed by atoms with E-state index in [0.29, 0.717) is 12.1 Å². The lowest BCUT2D eigenvalue weighted by Crippen LogP contribution is -2.08. The van der Waals surface area contributed by atoms with E-state index in [2.05, 4.69) is 0 Å². The Balaban J connectivity index is 2.69. The molecule has 1 atom stereocenters. The molecule has 0 heterocycles. The molecular weight excluding hydrogens is 432 g/mol. The monoisotopic (exact) mass is 438 g/mol. The highest BCUT2D eigenvalue weighted by Crippen LogP contribution is 2.55. The van der Waals surface area contributed by atoms with Gasteiger partial charge in [0, 0.05) is 28.8 Å². The molecule has 15 nitrogen and oxygen atoms in total. The molecule has 1 unspecified atom stereocenters. The van der Waals surface area contributed by atoms with E-state index < -0.39 is 81.9 Å². The van der Waals surface area contributed by atoms with Crippen molar-refractivity contribution in [2.75, 3.05) is 0 Å². The molecule has 2 aromatic carbocycles. The molecule has 0 fully saturated rings. The van der Waals surface area contributed by atoms with Crippen LogP contribution in [0.2, 0.25) is 0 Å². The predicted octanol–water partition coefficient (Wildman–Crippen LogP) is 2.51. The standard InChI is InChI=1S/C17H6N6O9/c18-5-11(14(24)6-19)15-9-1-7(20(25)26)3-12(22(29)30)16(9)17-10(15)2-8(21(27)28)4-13(17)23(31)32/h1-4,14,24H. The zero-order valence-electron chi connectivity index (χ0n) is 15.3. The van der Waals surface area contributed by atoms with Crippen LogP contribution in [0.5, 0.6) is 0 Å². The number of aliphatic hydroxyl groups is 1. The molecule has 0 spiro atoms. The largest absolute Gasteiger partial charge is 0.373 e. The lowest BCUT2D eigenvalue weighted by Gasteiger charge is -2.08. The number of nitriles is 2. The maximum atomic E-state index is 11.7. The number of fused-ring (bicyclic) bond motifs is 3. The van der Waals surface area contributed by atoms with E-state index in [1.165, 1.54) is 12.1 Å². The molecule has 0 aromatic heterocycles. The first-order valence-electron chi connectivity index (χ1n) is 8.20. The molecule has 32 heavy (non-hydrogen) atoms. The lowest BCUT2D eigenvalue weighted by molar-refractivity contribution is -0.395. The summed E-state index contributed by atoms with van der Waals surface area (Å²) in [5.74, 6) is 0. The Morgan fingerprint density at radius 1 is 0.781 bits per heavy atom. The fourth-order valence-corrected chi connectivity index (χ4v) is 3.40. The minimum absolute atomic E-state index is 0.435. The van der Waals surface area contributed by atoms with E-state index in [1.54, 1.807) is 0 Å². The van der Waals surface area contributed by atoms with Gasteiger partial charge in [-0.2, -0.15) is 10.5 Å². The zero-order valence-corrected chi connectivity index (χ0v) is 15.3. The van der Waals surface area contributed by atoms with Crippen LogP contribution < -0.4 is 0 Å². The van der Waals surface area contributed by atoms with Crippen molar-refractivity contribution in [1.29, 1.82) is 10.5 Å².